The summed E-state index contributed by atoms with van der Waals surface area (Å²) in [6.45, 7) is 8.47. The van der Waals surface area contributed by atoms with Crippen LogP contribution in [0.25, 0.3) is 33.5 Å². The third-order valence-electron chi connectivity index (χ3n) is 4.76. The minimum Gasteiger partial charge on any atom is -0.0984 e. The van der Waals surface area contributed by atoms with Gasteiger partial charge >= 0.3 is 0 Å². The van der Waals surface area contributed by atoms with Crippen LogP contribution in [0.1, 0.15) is 22.3 Å². The number of benzene rings is 3. The fourth-order valence-electron chi connectivity index (χ4n) is 3.55. The predicted octanol–water partition coefficient (Wildman–Crippen LogP) is 6.16. The molecule has 0 radical (unpaired) electrons. The van der Waals surface area contributed by atoms with E-state index < -0.39 is 0 Å². The fourth-order valence-corrected chi connectivity index (χ4v) is 3.55. The van der Waals surface area contributed by atoms with Gasteiger partial charge in [-0.15, -0.1) is 0 Å². The third kappa shape index (κ3) is 1.70. The first-order valence-corrected chi connectivity index (χ1v) is 7.67. The zero-order valence-corrected chi connectivity index (χ0v) is 13.0. The van der Waals surface area contributed by atoms with Crippen LogP contribution in [-0.4, -0.2) is 0 Å². The Morgan fingerprint density at radius 1 is 0.909 bits per heavy atom. The van der Waals surface area contributed by atoms with Crippen LogP contribution in [0.3, 0.4) is 0 Å². The van der Waals surface area contributed by atoms with Crippen LogP contribution in [0.15, 0.2) is 61.2 Å². The molecule has 0 bridgehead atoms. The van der Waals surface area contributed by atoms with Gasteiger partial charge in [0.15, 0.2) is 0 Å². The average Bonchev–Trinajstić information content (AvgIpc) is 2.68. The number of allylic oxidation sites excluding steroid dienone is 2. The molecule has 0 aromatic heterocycles. The Balaban J connectivity index is 2.31. The Hall–Kier alpha value is -2.60. The molecular weight excluding hydrogens is 264 g/mol. The van der Waals surface area contributed by atoms with Crippen molar-refractivity contribution in [2.45, 2.75) is 13.8 Å². The van der Waals surface area contributed by atoms with Crippen molar-refractivity contribution in [3.05, 3.63) is 83.4 Å². The maximum atomic E-state index is 4.06. The molecule has 4 rings (SSSR count). The average molecular weight is 282 g/mol. The van der Waals surface area contributed by atoms with Gasteiger partial charge in [0.2, 0.25) is 0 Å². The maximum Gasteiger partial charge on any atom is -0.00237 e. The van der Waals surface area contributed by atoms with Gasteiger partial charge in [-0.05, 0) is 69.6 Å². The minimum atomic E-state index is 1.21. The Morgan fingerprint density at radius 2 is 1.68 bits per heavy atom. The lowest BCUT2D eigenvalue weighted by molar-refractivity contribution is 1.35. The van der Waals surface area contributed by atoms with Crippen LogP contribution < -0.4 is 0 Å². The van der Waals surface area contributed by atoms with Gasteiger partial charge in [-0.1, -0.05) is 61.2 Å². The standard InChI is InChI=1S/C22H18/c1-4-16-13-17-8-5-6-10-19(17)20-11-7-9-18-12-14(2)15(3)21(16)22(18)20/h4-13H,1H2,2-3H3. The molecule has 0 N–H and O–H groups in total. The first kappa shape index (κ1) is 13.1. The molecular formula is C22H18. The van der Waals surface area contributed by atoms with Crippen LogP contribution >= 0.6 is 0 Å². The first-order chi connectivity index (χ1) is 10.7. The number of hydrogen-bond acceptors (Lipinski definition) is 0. The second-order valence-corrected chi connectivity index (χ2v) is 5.99. The number of aryl methyl sites for hydroxylation is 1. The van der Waals surface area contributed by atoms with Crippen molar-refractivity contribution in [2.75, 3.05) is 0 Å². The van der Waals surface area contributed by atoms with E-state index >= 15 is 0 Å². The lowest BCUT2D eigenvalue weighted by Gasteiger charge is -2.15. The van der Waals surface area contributed by atoms with Gasteiger partial charge in [0, 0.05) is 0 Å². The van der Waals surface area contributed by atoms with Gasteiger partial charge in [-0.2, -0.15) is 0 Å². The van der Waals surface area contributed by atoms with Crippen molar-refractivity contribution in [3.63, 3.8) is 0 Å². The third-order valence-corrected chi connectivity index (χ3v) is 4.76. The zero-order valence-electron chi connectivity index (χ0n) is 13.0. The monoisotopic (exact) mass is 282 g/mol. The SMILES string of the molecule is C=CC1=Cc2ccccc2-c2cccc3cc(C)c(C)c1c23. The molecule has 0 atom stereocenters. The summed E-state index contributed by atoms with van der Waals surface area (Å²) in [5.74, 6) is 0. The van der Waals surface area contributed by atoms with Gasteiger partial charge in [0.25, 0.3) is 0 Å². The highest BCUT2D eigenvalue weighted by molar-refractivity contribution is 6.12. The van der Waals surface area contributed by atoms with Crippen molar-refractivity contribution < 1.29 is 0 Å². The summed E-state index contributed by atoms with van der Waals surface area (Å²) in [6.07, 6.45) is 4.25. The van der Waals surface area contributed by atoms with Crippen molar-refractivity contribution in [1.29, 1.82) is 0 Å². The number of fused-ring (bicyclic) bond motifs is 2. The highest BCUT2D eigenvalue weighted by Crippen LogP contribution is 2.42. The summed E-state index contributed by atoms with van der Waals surface area (Å²) in [6, 6.07) is 17.5. The van der Waals surface area contributed by atoms with E-state index in [0.29, 0.717) is 0 Å². The Morgan fingerprint density at radius 3 is 2.50 bits per heavy atom. The molecule has 0 saturated heterocycles. The molecule has 0 heteroatoms. The molecule has 0 unspecified atom stereocenters. The quantitative estimate of drug-likeness (QED) is 0.501. The molecule has 0 spiro atoms. The smallest absolute Gasteiger partial charge is 0.00237 e. The van der Waals surface area contributed by atoms with Crippen molar-refractivity contribution in [1.82, 2.24) is 0 Å². The van der Waals surface area contributed by atoms with Crippen LogP contribution in [-0.2, 0) is 0 Å². The molecule has 3 aromatic rings. The summed E-state index contributed by atoms with van der Waals surface area (Å²) < 4.78 is 0. The Bertz CT molecular complexity index is 955. The van der Waals surface area contributed by atoms with E-state index in [1.54, 1.807) is 0 Å². The molecule has 22 heavy (non-hydrogen) atoms. The molecule has 0 aliphatic heterocycles. The molecule has 0 saturated carbocycles. The van der Waals surface area contributed by atoms with Crippen LogP contribution in [0.2, 0.25) is 0 Å². The summed E-state index contributed by atoms with van der Waals surface area (Å²) in [5, 5.41) is 2.65. The lowest BCUT2D eigenvalue weighted by atomic mass is 9.88. The second kappa shape index (κ2) is 4.71. The lowest BCUT2D eigenvalue weighted by Crippen LogP contribution is -1.93. The molecule has 0 fully saturated rings. The molecule has 1 aliphatic rings. The van der Waals surface area contributed by atoms with E-state index in [4.69, 9.17) is 0 Å². The fraction of sp³-hybridized carbons (Fsp3) is 0.0909. The topological polar surface area (TPSA) is 0 Å². The molecule has 1 aliphatic carbocycles. The zero-order chi connectivity index (χ0) is 15.3. The minimum absolute atomic E-state index is 1.21. The van der Waals surface area contributed by atoms with Gasteiger partial charge in [-0.3, -0.25) is 0 Å². The van der Waals surface area contributed by atoms with E-state index in [0.717, 1.165) is 0 Å². The summed E-state index contributed by atoms with van der Waals surface area (Å²) >= 11 is 0. The number of hydrogen-bond donors (Lipinski definition) is 0. The van der Waals surface area contributed by atoms with E-state index in [1.807, 2.05) is 6.08 Å². The van der Waals surface area contributed by atoms with Crippen LogP contribution in [0, 0.1) is 13.8 Å². The maximum absolute atomic E-state index is 4.06. The summed E-state index contributed by atoms with van der Waals surface area (Å²) in [7, 11) is 0. The Labute approximate surface area is 131 Å². The van der Waals surface area contributed by atoms with Gasteiger partial charge < -0.3 is 0 Å². The predicted molar refractivity (Wildman–Crippen MR) is 96.9 cm³/mol. The van der Waals surface area contributed by atoms with E-state index in [-0.39, 0.29) is 0 Å². The largest absolute Gasteiger partial charge is 0.0984 e. The molecule has 106 valence electrons. The van der Waals surface area contributed by atoms with Crippen molar-refractivity contribution in [3.8, 4) is 11.1 Å². The normalized spacial score (nSPS) is 12.5. The highest BCUT2D eigenvalue weighted by Gasteiger charge is 2.18. The van der Waals surface area contributed by atoms with Gasteiger partial charge in [-0.25, -0.2) is 0 Å². The van der Waals surface area contributed by atoms with Crippen LogP contribution in [0.5, 0.6) is 0 Å². The first-order valence-electron chi connectivity index (χ1n) is 7.67. The van der Waals surface area contributed by atoms with Gasteiger partial charge in [0.05, 0.1) is 0 Å². The van der Waals surface area contributed by atoms with E-state index in [2.05, 4.69) is 75.0 Å². The Kier molecular flexibility index (Phi) is 2.80. The van der Waals surface area contributed by atoms with E-state index in [9.17, 15) is 0 Å². The second-order valence-electron chi connectivity index (χ2n) is 5.99. The highest BCUT2D eigenvalue weighted by atomic mass is 14.2. The number of rotatable bonds is 1. The summed E-state index contributed by atoms with van der Waals surface area (Å²) in [5.41, 5.74) is 9.10. The molecule has 0 amide bonds. The van der Waals surface area contributed by atoms with Gasteiger partial charge in [0.1, 0.15) is 0 Å². The molecule has 0 nitrogen and oxygen atoms in total. The molecule has 3 aromatic carbocycles. The van der Waals surface area contributed by atoms with Crippen LogP contribution in [0.4, 0.5) is 0 Å². The van der Waals surface area contributed by atoms with E-state index in [1.165, 1.54) is 49.7 Å². The van der Waals surface area contributed by atoms with Crippen molar-refractivity contribution >= 4 is 22.4 Å². The molecule has 0 heterocycles. The summed E-state index contributed by atoms with van der Waals surface area (Å²) in [4.78, 5) is 0. The van der Waals surface area contributed by atoms with Crippen molar-refractivity contribution in [2.24, 2.45) is 0 Å².